The summed E-state index contributed by atoms with van der Waals surface area (Å²) < 4.78 is 15.4. The van der Waals surface area contributed by atoms with E-state index in [0.29, 0.717) is 6.61 Å². The molecular formula is C19H38O5P+. The van der Waals surface area contributed by atoms with Crippen LogP contribution in [0.3, 0.4) is 0 Å². The van der Waals surface area contributed by atoms with E-state index in [1.807, 2.05) is 0 Å². The third kappa shape index (κ3) is 13.2. The Labute approximate surface area is 154 Å². The monoisotopic (exact) mass is 377 g/mol. The molecule has 25 heavy (non-hydrogen) atoms. The number of hydrogen-bond acceptors (Lipinski definition) is 5. The van der Waals surface area contributed by atoms with Gasteiger partial charge in [0.15, 0.2) is 0 Å². The number of carbonyl (C=O) groups excluding carboxylic acids is 2. The van der Waals surface area contributed by atoms with Crippen LogP contribution in [0, 0.1) is 5.41 Å². The molecular weight excluding hydrogens is 339 g/mol. The van der Waals surface area contributed by atoms with Gasteiger partial charge in [-0.15, -0.1) is 0 Å². The van der Waals surface area contributed by atoms with Crippen molar-refractivity contribution >= 4 is 19.2 Å². The van der Waals surface area contributed by atoms with E-state index >= 15 is 0 Å². The average molecular weight is 377 g/mol. The van der Waals surface area contributed by atoms with Gasteiger partial charge in [0, 0.05) is 41.3 Å². The summed E-state index contributed by atoms with van der Waals surface area (Å²) in [6.07, 6.45) is 8.39. The van der Waals surface area contributed by atoms with Crippen LogP contribution in [-0.4, -0.2) is 65.0 Å². The van der Waals surface area contributed by atoms with E-state index < -0.39 is 18.6 Å². The van der Waals surface area contributed by atoms with E-state index in [4.69, 9.17) is 14.2 Å². The fourth-order valence-electron chi connectivity index (χ4n) is 2.47. The Bertz CT molecular complexity index is 392. The lowest BCUT2D eigenvalue weighted by Gasteiger charge is -2.25. The van der Waals surface area contributed by atoms with E-state index in [9.17, 15) is 9.59 Å². The predicted octanol–water partition coefficient (Wildman–Crippen LogP) is 3.99. The van der Waals surface area contributed by atoms with Crippen molar-refractivity contribution in [3.8, 4) is 0 Å². The zero-order valence-corrected chi connectivity index (χ0v) is 18.0. The first kappa shape index (κ1) is 24.3. The van der Waals surface area contributed by atoms with Crippen molar-refractivity contribution in [1.82, 2.24) is 0 Å². The molecule has 0 saturated carbocycles. The minimum atomic E-state index is -0.948. The predicted molar refractivity (Wildman–Crippen MR) is 105 cm³/mol. The number of rotatable bonds is 14. The molecule has 6 heteroatoms. The number of carbonyl (C=O) groups is 2. The molecule has 1 unspecified atom stereocenters. The number of hydrogen-bond donors (Lipinski definition) is 0. The third-order valence-electron chi connectivity index (χ3n) is 4.01. The molecule has 0 rings (SSSR count). The molecule has 0 aromatic rings. The van der Waals surface area contributed by atoms with Crippen LogP contribution in [-0.2, 0) is 23.8 Å². The highest BCUT2D eigenvalue weighted by Gasteiger charge is 2.36. The van der Waals surface area contributed by atoms with Crippen LogP contribution >= 0.6 is 7.26 Å². The molecule has 0 N–H and O–H groups in total. The summed E-state index contributed by atoms with van der Waals surface area (Å²) in [6, 6.07) is 0. The maximum atomic E-state index is 12.2. The van der Waals surface area contributed by atoms with E-state index in [1.165, 1.54) is 45.9 Å². The molecule has 0 aliphatic rings. The van der Waals surface area contributed by atoms with Crippen molar-refractivity contribution in [2.45, 2.75) is 52.4 Å². The summed E-state index contributed by atoms with van der Waals surface area (Å²) in [6.45, 7) is 10.7. The molecule has 0 aromatic carbocycles. The Morgan fingerprint density at radius 2 is 1.44 bits per heavy atom. The number of esters is 2. The van der Waals surface area contributed by atoms with Gasteiger partial charge >= 0.3 is 11.9 Å². The lowest BCUT2D eigenvalue weighted by Crippen LogP contribution is -2.39. The second-order valence-corrected chi connectivity index (χ2v) is 13.1. The van der Waals surface area contributed by atoms with Gasteiger partial charge in [-0.2, -0.15) is 0 Å². The van der Waals surface area contributed by atoms with Gasteiger partial charge in [0.2, 0.25) is 0 Å². The summed E-state index contributed by atoms with van der Waals surface area (Å²) in [4.78, 5) is 23.2. The third-order valence-corrected chi connectivity index (χ3v) is 5.66. The molecule has 0 amide bonds. The average Bonchev–Trinajstić information content (AvgIpc) is 2.50. The normalized spacial score (nSPS) is 14.0. The first-order valence-corrected chi connectivity index (χ1v) is 12.5. The van der Waals surface area contributed by atoms with Crippen LogP contribution in [0.4, 0.5) is 0 Å². The SMILES string of the molecule is COCC(C)(COC(C)=O)C(=O)OCCCCCCCC[P+](C)(C)C. The van der Waals surface area contributed by atoms with Crippen molar-refractivity contribution in [3.05, 3.63) is 0 Å². The molecule has 5 nitrogen and oxygen atoms in total. The van der Waals surface area contributed by atoms with Crippen molar-refractivity contribution in [1.29, 1.82) is 0 Å². The van der Waals surface area contributed by atoms with Gasteiger partial charge in [-0.25, -0.2) is 0 Å². The Morgan fingerprint density at radius 1 is 0.880 bits per heavy atom. The highest BCUT2D eigenvalue weighted by atomic mass is 31.2. The summed E-state index contributed by atoms with van der Waals surface area (Å²) in [5.41, 5.74) is -0.948. The van der Waals surface area contributed by atoms with Crippen LogP contribution in [0.2, 0.25) is 0 Å². The van der Waals surface area contributed by atoms with E-state index in [-0.39, 0.29) is 19.2 Å². The minimum Gasteiger partial charge on any atom is -0.465 e. The fourth-order valence-corrected chi connectivity index (χ4v) is 3.65. The maximum Gasteiger partial charge on any atom is 0.317 e. The maximum absolute atomic E-state index is 12.2. The first-order chi connectivity index (χ1) is 11.6. The molecule has 0 fully saturated rings. The first-order valence-electron chi connectivity index (χ1n) is 9.21. The van der Waals surface area contributed by atoms with Crippen molar-refractivity contribution in [2.75, 3.05) is 53.1 Å². The largest absolute Gasteiger partial charge is 0.465 e. The lowest BCUT2D eigenvalue weighted by molar-refractivity contribution is -0.166. The standard InChI is InChI=1S/C19H38O5P/c1-17(20)24-16-19(2,15-22-3)18(21)23-13-11-9-7-8-10-12-14-25(4,5)6/h7-16H2,1-6H3/q+1. The molecule has 0 aliphatic carbocycles. The van der Waals surface area contributed by atoms with Gasteiger partial charge in [-0.05, 0) is 26.2 Å². The van der Waals surface area contributed by atoms with Crippen molar-refractivity contribution in [3.63, 3.8) is 0 Å². The van der Waals surface area contributed by atoms with E-state index in [1.54, 1.807) is 6.92 Å². The van der Waals surface area contributed by atoms with Crippen molar-refractivity contribution < 1.29 is 23.8 Å². The Hall–Kier alpha value is -0.670. The van der Waals surface area contributed by atoms with Crippen LogP contribution in [0.5, 0.6) is 0 Å². The summed E-state index contributed by atoms with van der Waals surface area (Å²) >= 11 is 0. The molecule has 0 heterocycles. The van der Waals surface area contributed by atoms with Crippen LogP contribution < -0.4 is 0 Å². The van der Waals surface area contributed by atoms with Gasteiger partial charge in [-0.1, -0.05) is 19.3 Å². The van der Waals surface area contributed by atoms with Gasteiger partial charge in [0.25, 0.3) is 0 Å². The summed E-state index contributed by atoms with van der Waals surface area (Å²) in [5.74, 6) is -0.784. The highest BCUT2D eigenvalue weighted by molar-refractivity contribution is 7.73. The Morgan fingerprint density at radius 3 is 1.96 bits per heavy atom. The van der Waals surface area contributed by atoms with Gasteiger partial charge in [-0.3, -0.25) is 9.59 Å². The van der Waals surface area contributed by atoms with Crippen LogP contribution in [0.15, 0.2) is 0 Å². The Kier molecular flexibility index (Phi) is 12.3. The van der Waals surface area contributed by atoms with Gasteiger partial charge < -0.3 is 14.2 Å². The molecule has 0 saturated heterocycles. The quantitative estimate of drug-likeness (QED) is 0.260. The van der Waals surface area contributed by atoms with Crippen LogP contribution in [0.1, 0.15) is 52.4 Å². The zero-order chi connectivity index (χ0) is 19.3. The van der Waals surface area contributed by atoms with E-state index in [0.717, 1.165) is 12.8 Å². The van der Waals surface area contributed by atoms with Gasteiger partial charge in [0.05, 0.1) is 19.4 Å². The molecule has 0 spiro atoms. The lowest BCUT2D eigenvalue weighted by atomic mass is 9.93. The Balaban J connectivity index is 3.87. The molecule has 1 atom stereocenters. The molecule has 0 aromatic heterocycles. The summed E-state index contributed by atoms with van der Waals surface area (Å²) in [7, 11) is 0.889. The molecule has 0 aliphatic heterocycles. The number of ether oxygens (including phenoxy) is 3. The van der Waals surface area contributed by atoms with Crippen molar-refractivity contribution in [2.24, 2.45) is 5.41 Å². The number of unbranched alkanes of at least 4 members (excludes halogenated alkanes) is 5. The van der Waals surface area contributed by atoms with Gasteiger partial charge in [0.1, 0.15) is 12.0 Å². The zero-order valence-electron chi connectivity index (χ0n) is 17.1. The number of methoxy groups -OCH3 is 1. The van der Waals surface area contributed by atoms with E-state index in [2.05, 4.69) is 20.0 Å². The molecule has 0 bridgehead atoms. The highest BCUT2D eigenvalue weighted by Crippen LogP contribution is 2.47. The molecule has 0 radical (unpaired) electrons. The fraction of sp³-hybridized carbons (Fsp3) is 0.895. The van der Waals surface area contributed by atoms with Crippen LogP contribution in [0.25, 0.3) is 0 Å². The second-order valence-electron chi connectivity index (χ2n) is 8.05. The molecule has 148 valence electrons. The topological polar surface area (TPSA) is 61.8 Å². The minimum absolute atomic E-state index is 0.0224. The summed E-state index contributed by atoms with van der Waals surface area (Å²) in [5, 5.41) is 0. The second kappa shape index (κ2) is 12.6. The smallest absolute Gasteiger partial charge is 0.317 e.